The quantitative estimate of drug-likeness (QED) is 0.478. The molecule has 0 bridgehead atoms. The van der Waals surface area contributed by atoms with E-state index in [2.05, 4.69) is 0 Å². The minimum absolute atomic E-state index is 0. The van der Waals surface area contributed by atoms with Gasteiger partial charge in [0, 0.05) is 0 Å². The normalized spacial score (nSPS) is 13.1. The van der Waals surface area contributed by atoms with Gasteiger partial charge in [0.2, 0.25) is 0 Å². The maximum absolute atomic E-state index is 10.1. The molecule has 0 saturated carbocycles. The molecule has 5 heteroatoms. The summed E-state index contributed by atoms with van der Waals surface area (Å²) in [5.74, 6) is 0. The van der Waals surface area contributed by atoms with E-state index in [4.69, 9.17) is 23.2 Å². The molecule has 0 radical (unpaired) electrons. The Hall–Kier alpha value is 0.790. The number of halogens is 3. The average molecular weight is 180 g/mol. The monoisotopic (exact) mass is 179 g/mol. The van der Waals surface area contributed by atoms with Crippen LogP contribution in [0.25, 0.3) is 0 Å². The lowest BCUT2D eigenvalue weighted by molar-refractivity contribution is -0.824. The van der Waals surface area contributed by atoms with Crippen molar-refractivity contribution < 1.29 is 5.06 Å². The maximum atomic E-state index is 10.1. The van der Waals surface area contributed by atoms with Crippen LogP contribution in [0.1, 0.15) is 0 Å². The molecule has 0 aromatic carbocycles. The molecule has 0 heterocycles. The lowest BCUT2D eigenvalue weighted by Gasteiger charge is -2.15. The van der Waals surface area contributed by atoms with Gasteiger partial charge in [-0.2, -0.15) is 0 Å². The van der Waals surface area contributed by atoms with E-state index >= 15 is 0 Å². The fourth-order valence-electron chi connectivity index (χ4n) is 0.217. The number of rotatable bonds is 2. The zero-order chi connectivity index (χ0) is 5.86. The number of quaternary nitrogens is 1. The molecular formula is C3H8Cl3NO. The number of hydrogen-bond acceptors (Lipinski definition) is 1. The van der Waals surface area contributed by atoms with E-state index in [9.17, 15) is 5.21 Å². The average Bonchev–Trinajstić information content (AvgIpc) is 1.27. The van der Waals surface area contributed by atoms with Gasteiger partial charge in [0.1, 0.15) is 6.54 Å². The van der Waals surface area contributed by atoms with Crippen LogP contribution in [-0.2, 0) is 0 Å². The van der Waals surface area contributed by atoms with Crippen LogP contribution in [-0.4, -0.2) is 18.4 Å². The van der Waals surface area contributed by atoms with Crippen molar-refractivity contribution in [3.8, 4) is 0 Å². The summed E-state index contributed by atoms with van der Waals surface area (Å²) in [4.78, 5) is -0.530. The van der Waals surface area contributed by atoms with Crippen molar-refractivity contribution in [1.82, 2.24) is 0 Å². The van der Waals surface area contributed by atoms with Gasteiger partial charge in [0.05, 0.1) is 7.05 Å². The SMILES string of the molecule is C[NH+]([O-])CC(Cl)Cl.Cl. The third-order valence-electron chi connectivity index (χ3n) is 0.442. The second-order valence-electron chi connectivity index (χ2n) is 1.30. The van der Waals surface area contributed by atoms with Gasteiger partial charge in [-0.1, -0.05) is 23.2 Å². The van der Waals surface area contributed by atoms with Crippen molar-refractivity contribution in [3.05, 3.63) is 5.21 Å². The van der Waals surface area contributed by atoms with E-state index in [0.29, 0.717) is 0 Å². The van der Waals surface area contributed by atoms with Crippen LogP contribution in [0.2, 0.25) is 0 Å². The summed E-state index contributed by atoms with van der Waals surface area (Å²) >= 11 is 10.4. The molecule has 0 aromatic heterocycles. The first-order chi connectivity index (χ1) is 3.13. The van der Waals surface area contributed by atoms with Crippen molar-refractivity contribution in [3.63, 3.8) is 0 Å². The van der Waals surface area contributed by atoms with Gasteiger partial charge in [0.15, 0.2) is 4.84 Å². The van der Waals surface area contributed by atoms with E-state index in [1.807, 2.05) is 0 Å². The third-order valence-corrected chi connectivity index (χ3v) is 0.750. The molecule has 0 spiro atoms. The standard InChI is InChI=1S/C3H7Cl2NO.ClH/c1-6(7)2-3(4)5;/h3,6H,2H2,1H3;1H. The molecule has 0 amide bonds. The number of nitrogens with one attached hydrogen (secondary N) is 1. The zero-order valence-corrected chi connectivity index (χ0v) is 6.69. The zero-order valence-electron chi connectivity index (χ0n) is 4.36. The van der Waals surface area contributed by atoms with E-state index in [1.54, 1.807) is 0 Å². The highest BCUT2D eigenvalue weighted by Crippen LogP contribution is 1.95. The van der Waals surface area contributed by atoms with Crippen LogP contribution in [0.4, 0.5) is 0 Å². The largest absolute Gasteiger partial charge is 0.634 e. The highest BCUT2D eigenvalue weighted by Gasteiger charge is 1.98. The summed E-state index contributed by atoms with van der Waals surface area (Å²) < 4.78 is 0. The highest BCUT2D eigenvalue weighted by molar-refractivity contribution is 6.44. The molecule has 1 N–H and O–H groups in total. The Bertz CT molecular complexity index is 43.8. The Kier molecular flexibility index (Phi) is 8.56. The Morgan fingerprint density at radius 2 is 2.00 bits per heavy atom. The van der Waals surface area contributed by atoms with Gasteiger partial charge in [-0.3, -0.25) is 0 Å². The predicted molar refractivity (Wildman–Crippen MR) is 37.9 cm³/mol. The van der Waals surface area contributed by atoms with Crippen molar-refractivity contribution in [2.75, 3.05) is 13.6 Å². The van der Waals surface area contributed by atoms with Crippen LogP contribution < -0.4 is 5.06 Å². The molecule has 0 aliphatic heterocycles. The van der Waals surface area contributed by atoms with Crippen molar-refractivity contribution >= 4 is 35.6 Å². The summed E-state index contributed by atoms with van der Waals surface area (Å²) in [5, 5.41) is 10.1. The Morgan fingerprint density at radius 1 is 1.62 bits per heavy atom. The molecule has 0 aromatic rings. The second kappa shape index (κ2) is 5.92. The van der Waals surface area contributed by atoms with Gasteiger partial charge in [-0.25, -0.2) is 0 Å². The van der Waals surface area contributed by atoms with Gasteiger partial charge in [-0.15, -0.1) is 12.4 Å². The van der Waals surface area contributed by atoms with Crippen LogP contribution in [0.15, 0.2) is 0 Å². The molecule has 0 saturated heterocycles. The van der Waals surface area contributed by atoms with E-state index in [-0.39, 0.29) is 24.0 Å². The molecule has 0 fully saturated rings. The fraction of sp³-hybridized carbons (Fsp3) is 1.00. The smallest absolute Gasteiger partial charge is 0.156 e. The van der Waals surface area contributed by atoms with Crippen LogP contribution in [0, 0.1) is 5.21 Å². The lowest BCUT2D eigenvalue weighted by Crippen LogP contribution is -3.04. The molecule has 0 aliphatic rings. The van der Waals surface area contributed by atoms with Crippen LogP contribution >= 0.6 is 35.6 Å². The lowest BCUT2D eigenvalue weighted by atomic mass is 10.7. The molecular weight excluding hydrogens is 172 g/mol. The van der Waals surface area contributed by atoms with Crippen molar-refractivity contribution in [1.29, 1.82) is 0 Å². The van der Waals surface area contributed by atoms with E-state index in [0.717, 1.165) is 0 Å². The van der Waals surface area contributed by atoms with Gasteiger partial charge >= 0.3 is 0 Å². The highest BCUT2D eigenvalue weighted by atomic mass is 35.5. The van der Waals surface area contributed by atoms with Gasteiger partial charge in [-0.05, 0) is 0 Å². The second-order valence-corrected chi connectivity index (χ2v) is 2.57. The van der Waals surface area contributed by atoms with E-state index < -0.39 is 4.84 Å². The summed E-state index contributed by atoms with van der Waals surface area (Å²) in [6, 6.07) is 0. The first-order valence-electron chi connectivity index (χ1n) is 1.90. The summed E-state index contributed by atoms with van der Waals surface area (Å²) in [6.45, 7) is 0.253. The first-order valence-corrected chi connectivity index (χ1v) is 2.78. The van der Waals surface area contributed by atoms with Gasteiger partial charge < -0.3 is 10.3 Å². The van der Waals surface area contributed by atoms with Crippen molar-refractivity contribution in [2.45, 2.75) is 4.84 Å². The van der Waals surface area contributed by atoms with E-state index in [1.165, 1.54) is 7.05 Å². The summed E-state index contributed by atoms with van der Waals surface area (Å²) in [7, 11) is 1.46. The molecule has 1 atom stereocenters. The fourth-order valence-corrected chi connectivity index (χ4v) is 0.652. The Labute approximate surface area is 64.7 Å². The van der Waals surface area contributed by atoms with Crippen molar-refractivity contribution in [2.24, 2.45) is 0 Å². The Balaban J connectivity index is 0. The number of hydroxylamine groups is 2. The minimum Gasteiger partial charge on any atom is -0.634 e. The van der Waals surface area contributed by atoms with Gasteiger partial charge in [0.25, 0.3) is 0 Å². The summed E-state index contributed by atoms with van der Waals surface area (Å²) in [5.41, 5.74) is 0. The number of hydrogen-bond donors (Lipinski definition) is 1. The van der Waals surface area contributed by atoms with Crippen LogP contribution in [0.3, 0.4) is 0 Å². The maximum Gasteiger partial charge on any atom is 0.156 e. The molecule has 0 aliphatic carbocycles. The molecule has 52 valence electrons. The summed E-state index contributed by atoms with van der Waals surface area (Å²) in [6.07, 6.45) is 0. The Morgan fingerprint density at radius 3 is 2.00 bits per heavy atom. The number of alkyl halides is 2. The van der Waals surface area contributed by atoms with Crippen LogP contribution in [0.5, 0.6) is 0 Å². The first kappa shape index (κ1) is 11.6. The minimum atomic E-state index is -0.530. The molecule has 8 heavy (non-hydrogen) atoms. The third kappa shape index (κ3) is 9.92. The predicted octanol–water partition coefficient (Wildman–Crippen LogP) is 0.224. The molecule has 2 nitrogen and oxygen atoms in total. The molecule has 0 rings (SSSR count). The molecule has 1 unspecified atom stereocenters. The topological polar surface area (TPSA) is 27.5 Å².